The summed E-state index contributed by atoms with van der Waals surface area (Å²) in [4.78, 5) is 32.5. The Balaban J connectivity index is 1.70. The van der Waals surface area contributed by atoms with Crippen LogP contribution in [0.1, 0.15) is 27.6 Å². The number of nitrogens with zero attached hydrogens (tertiary/aromatic N) is 4. The molecule has 0 saturated carbocycles. The third-order valence-corrected chi connectivity index (χ3v) is 4.63. The molecule has 0 aliphatic carbocycles. The summed E-state index contributed by atoms with van der Waals surface area (Å²) in [7, 11) is 0. The number of amides is 1. The molecule has 1 amide bonds. The van der Waals surface area contributed by atoms with Gasteiger partial charge < -0.3 is 4.74 Å². The van der Waals surface area contributed by atoms with Crippen molar-refractivity contribution in [1.29, 1.82) is 0 Å². The number of carbonyl (C=O) groups excluding carboxylic acids is 2. The van der Waals surface area contributed by atoms with Crippen molar-refractivity contribution >= 4 is 39.9 Å². The van der Waals surface area contributed by atoms with Crippen LogP contribution in [-0.2, 0) is 9.53 Å². The number of pyridine rings is 1. The Hall–Kier alpha value is -2.78. The molecule has 3 aromatic rings. The lowest BCUT2D eigenvalue weighted by Crippen LogP contribution is -2.21. The average molecular weight is 406 g/mol. The van der Waals surface area contributed by atoms with Gasteiger partial charge in [-0.2, -0.15) is 5.10 Å². The summed E-state index contributed by atoms with van der Waals surface area (Å²) in [6.07, 6.45) is 0. The van der Waals surface area contributed by atoms with E-state index in [2.05, 4.69) is 20.4 Å². The zero-order valence-electron chi connectivity index (χ0n) is 14.8. The summed E-state index contributed by atoms with van der Waals surface area (Å²) >= 11 is 7.36. The number of esters is 1. The maximum absolute atomic E-state index is 12.3. The number of nitrogens with one attached hydrogen (secondary N) is 1. The second-order valence-electron chi connectivity index (χ2n) is 5.76. The molecule has 27 heavy (non-hydrogen) atoms. The molecule has 0 atom stereocenters. The molecule has 0 radical (unpaired) electrons. The highest BCUT2D eigenvalue weighted by molar-refractivity contribution is 7.13. The maximum atomic E-state index is 12.3. The Bertz CT molecular complexity index is 1010. The number of thiazole rings is 1. The number of aromatic nitrogens is 4. The van der Waals surface area contributed by atoms with Crippen molar-refractivity contribution in [2.24, 2.45) is 0 Å². The first-order chi connectivity index (χ1) is 12.8. The van der Waals surface area contributed by atoms with Gasteiger partial charge in [-0.15, -0.1) is 11.3 Å². The quantitative estimate of drug-likeness (QED) is 0.655. The predicted molar refractivity (Wildman–Crippen MR) is 102 cm³/mol. The highest BCUT2D eigenvalue weighted by Gasteiger charge is 2.18. The molecule has 8 nitrogen and oxygen atoms in total. The molecule has 3 rings (SSSR count). The van der Waals surface area contributed by atoms with Gasteiger partial charge in [-0.25, -0.2) is 19.4 Å². The lowest BCUT2D eigenvalue weighted by Gasteiger charge is -2.08. The van der Waals surface area contributed by atoms with Gasteiger partial charge in [-0.05, 0) is 39.0 Å². The summed E-state index contributed by atoms with van der Waals surface area (Å²) in [5.74, 6) is -0.864. The van der Waals surface area contributed by atoms with Crippen LogP contribution < -0.4 is 5.32 Å². The lowest BCUT2D eigenvalue weighted by atomic mass is 10.3. The Morgan fingerprint density at radius 3 is 2.63 bits per heavy atom. The molecule has 0 unspecified atom stereocenters. The third kappa shape index (κ3) is 4.50. The number of carbonyl (C=O) groups is 2. The van der Waals surface area contributed by atoms with E-state index >= 15 is 0 Å². The van der Waals surface area contributed by atoms with Crippen LogP contribution in [0.25, 0.3) is 5.82 Å². The molecule has 3 aromatic heterocycles. The number of rotatable bonds is 5. The number of halogens is 1. The fourth-order valence-corrected chi connectivity index (χ4v) is 3.21. The minimum Gasteiger partial charge on any atom is -0.451 e. The van der Waals surface area contributed by atoms with Crippen LogP contribution in [-0.4, -0.2) is 38.2 Å². The summed E-state index contributed by atoms with van der Waals surface area (Å²) in [6.45, 7) is 5.07. The SMILES string of the molecule is Cc1csc(NC(=O)COC(=O)c2nc(-n3nc(C)cc3C)ccc2Cl)n1. The Morgan fingerprint density at radius 1 is 1.22 bits per heavy atom. The number of hydrogen-bond donors (Lipinski definition) is 1. The van der Waals surface area contributed by atoms with Gasteiger partial charge in [0.2, 0.25) is 0 Å². The smallest absolute Gasteiger partial charge is 0.359 e. The van der Waals surface area contributed by atoms with Crippen molar-refractivity contribution < 1.29 is 14.3 Å². The van der Waals surface area contributed by atoms with Crippen LogP contribution in [0.2, 0.25) is 5.02 Å². The van der Waals surface area contributed by atoms with E-state index in [-0.39, 0.29) is 10.7 Å². The minimum atomic E-state index is -0.797. The number of anilines is 1. The minimum absolute atomic E-state index is 0.0837. The van der Waals surface area contributed by atoms with Crippen LogP contribution >= 0.6 is 22.9 Å². The highest BCUT2D eigenvalue weighted by Crippen LogP contribution is 2.19. The molecule has 0 aliphatic heterocycles. The Kier molecular flexibility index (Phi) is 5.52. The molecule has 140 valence electrons. The molecule has 0 aromatic carbocycles. The molecule has 0 saturated heterocycles. The first kappa shape index (κ1) is 19.0. The zero-order chi connectivity index (χ0) is 19.6. The molecule has 0 aliphatic rings. The van der Waals surface area contributed by atoms with Crippen LogP contribution in [0.5, 0.6) is 0 Å². The molecule has 0 bridgehead atoms. The lowest BCUT2D eigenvalue weighted by molar-refractivity contribution is -0.119. The monoisotopic (exact) mass is 405 g/mol. The van der Waals surface area contributed by atoms with E-state index in [4.69, 9.17) is 16.3 Å². The molecule has 3 heterocycles. The van der Waals surface area contributed by atoms with Crippen LogP contribution in [0.4, 0.5) is 5.13 Å². The second-order valence-corrected chi connectivity index (χ2v) is 7.02. The summed E-state index contributed by atoms with van der Waals surface area (Å²) in [5, 5.41) is 9.25. The fraction of sp³-hybridized carbons (Fsp3) is 0.235. The molecule has 0 fully saturated rings. The van der Waals surface area contributed by atoms with Gasteiger partial charge in [0, 0.05) is 11.1 Å². The average Bonchev–Trinajstić information content (AvgIpc) is 3.17. The first-order valence-electron chi connectivity index (χ1n) is 7.93. The number of hydrogen-bond acceptors (Lipinski definition) is 7. The van der Waals surface area contributed by atoms with Crippen LogP contribution in [0.3, 0.4) is 0 Å². The zero-order valence-corrected chi connectivity index (χ0v) is 16.4. The van der Waals surface area contributed by atoms with Crippen LogP contribution in [0.15, 0.2) is 23.6 Å². The van der Waals surface area contributed by atoms with Gasteiger partial charge in [0.05, 0.1) is 16.4 Å². The summed E-state index contributed by atoms with van der Waals surface area (Å²) in [5.41, 5.74) is 2.39. The standard InChI is InChI=1S/C17H16ClN5O3S/c1-9-6-11(3)23(22-9)13-5-4-12(18)15(20-13)16(25)26-7-14(24)21-17-19-10(2)8-27-17/h4-6,8H,7H2,1-3H3,(H,19,21,24). The Morgan fingerprint density at radius 2 is 2.00 bits per heavy atom. The summed E-state index contributed by atoms with van der Waals surface area (Å²) in [6, 6.07) is 5.07. The van der Waals surface area contributed by atoms with Gasteiger partial charge >= 0.3 is 5.97 Å². The van der Waals surface area contributed by atoms with E-state index in [0.29, 0.717) is 10.9 Å². The highest BCUT2D eigenvalue weighted by atomic mass is 35.5. The van der Waals surface area contributed by atoms with Gasteiger partial charge in [0.1, 0.15) is 0 Å². The number of aryl methyl sites for hydroxylation is 3. The molecular weight excluding hydrogens is 390 g/mol. The van der Waals surface area contributed by atoms with E-state index in [9.17, 15) is 9.59 Å². The first-order valence-corrected chi connectivity index (χ1v) is 9.18. The van der Waals surface area contributed by atoms with E-state index in [1.807, 2.05) is 26.8 Å². The largest absolute Gasteiger partial charge is 0.451 e. The van der Waals surface area contributed by atoms with Crippen molar-refractivity contribution in [1.82, 2.24) is 19.7 Å². The maximum Gasteiger partial charge on any atom is 0.359 e. The van der Waals surface area contributed by atoms with E-state index in [1.54, 1.807) is 16.1 Å². The van der Waals surface area contributed by atoms with Crippen LogP contribution in [0, 0.1) is 20.8 Å². The van der Waals surface area contributed by atoms with E-state index in [0.717, 1.165) is 17.1 Å². The van der Waals surface area contributed by atoms with Crippen molar-refractivity contribution in [2.45, 2.75) is 20.8 Å². The van der Waals surface area contributed by atoms with Gasteiger partial charge in [-0.1, -0.05) is 11.6 Å². The molecule has 0 spiro atoms. The van der Waals surface area contributed by atoms with Crippen molar-refractivity contribution in [3.05, 3.63) is 51.4 Å². The summed E-state index contributed by atoms with van der Waals surface area (Å²) < 4.78 is 6.62. The fourth-order valence-electron chi connectivity index (χ4n) is 2.32. The van der Waals surface area contributed by atoms with Gasteiger partial charge in [-0.3, -0.25) is 10.1 Å². The normalized spacial score (nSPS) is 10.7. The molecule has 10 heteroatoms. The Labute approximate surface area is 164 Å². The molecular formula is C17H16ClN5O3S. The van der Waals surface area contributed by atoms with Gasteiger partial charge in [0.25, 0.3) is 5.91 Å². The second kappa shape index (κ2) is 7.85. The predicted octanol–water partition coefficient (Wildman–Crippen LogP) is 3.10. The number of ether oxygens (including phenoxy) is 1. The third-order valence-electron chi connectivity index (χ3n) is 3.45. The van der Waals surface area contributed by atoms with Crippen molar-refractivity contribution in [2.75, 3.05) is 11.9 Å². The van der Waals surface area contributed by atoms with E-state index < -0.39 is 18.5 Å². The van der Waals surface area contributed by atoms with Gasteiger partial charge in [0.15, 0.2) is 23.3 Å². The van der Waals surface area contributed by atoms with E-state index in [1.165, 1.54) is 17.4 Å². The topological polar surface area (TPSA) is 99.0 Å². The van der Waals surface area contributed by atoms with Crippen molar-refractivity contribution in [3.63, 3.8) is 0 Å². The molecule has 1 N–H and O–H groups in total. The van der Waals surface area contributed by atoms with Crippen molar-refractivity contribution in [3.8, 4) is 5.82 Å².